The van der Waals surface area contributed by atoms with Gasteiger partial charge in [0.15, 0.2) is 0 Å². The van der Waals surface area contributed by atoms with Gasteiger partial charge in [0.1, 0.15) is 5.60 Å². The Morgan fingerprint density at radius 3 is 2.55 bits per heavy atom. The molecule has 1 aliphatic heterocycles. The summed E-state index contributed by atoms with van der Waals surface area (Å²) in [5.41, 5.74) is -1.54. The number of likely N-dealkylation sites (tertiary alicyclic amines) is 1. The van der Waals surface area contributed by atoms with E-state index in [1.165, 1.54) is 0 Å². The van der Waals surface area contributed by atoms with Crippen molar-refractivity contribution >= 4 is 28.9 Å². The van der Waals surface area contributed by atoms with Gasteiger partial charge in [-0.15, -0.1) is 0 Å². The number of aliphatic carboxylic acids is 1. The van der Waals surface area contributed by atoms with E-state index in [0.29, 0.717) is 13.2 Å². The summed E-state index contributed by atoms with van der Waals surface area (Å²) in [6.45, 7) is 6.03. The second kappa shape index (κ2) is 10.9. The fourth-order valence-corrected chi connectivity index (χ4v) is 5.14. The Hall–Kier alpha value is -3.14. The molecule has 0 bridgehead atoms. The summed E-state index contributed by atoms with van der Waals surface area (Å²) in [6, 6.07) is 8.00. The molecule has 2 aromatic rings. The van der Waals surface area contributed by atoms with E-state index in [0.717, 1.165) is 47.2 Å². The number of fused-ring (bicyclic) bond motifs is 1. The van der Waals surface area contributed by atoms with Gasteiger partial charge in [-0.1, -0.05) is 18.2 Å². The molecule has 38 heavy (non-hydrogen) atoms. The van der Waals surface area contributed by atoms with Crippen molar-refractivity contribution in [3.8, 4) is 0 Å². The molecular weight excluding hydrogens is 493 g/mol. The van der Waals surface area contributed by atoms with Gasteiger partial charge in [0.2, 0.25) is 11.6 Å². The lowest BCUT2D eigenvalue weighted by atomic mass is 9.85. The number of hydrogen-bond donors (Lipinski definition) is 1. The van der Waals surface area contributed by atoms with Crippen molar-refractivity contribution in [2.45, 2.75) is 76.9 Å². The van der Waals surface area contributed by atoms with Crippen LogP contribution in [0.4, 0.5) is 9.18 Å². The minimum absolute atomic E-state index is 0.00819. The molecule has 2 atom stereocenters. The van der Waals surface area contributed by atoms with Gasteiger partial charge in [0.25, 0.3) is 0 Å². The molecule has 1 aromatic carbocycles. The maximum Gasteiger partial charge on any atom is 0.410 e. The number of ether oxygens (including phenoxy) is 2. The van der Waals surface area contributed by atoms with Crippen LogP contribution in [0.15, 0.2) is 30.5 Å². The molecule has 0 spiro atoms. The fraction of sp³-hybridized carbons (Fsp3) is 0.607. The van der Waals surface area contributed by atoms with Crippen molar-refractivity contribution in [2.75, 3.05) is 26.8 Å². The predicted octanol–water partition coefficient (Wildman–Crippen LogP) is 4.22. The average molecular weight is 532 g/mol. The number of amides is 2. The molecule has 1 saturated carbocycles. The molecule has 2 aliphatic rings. The first-order chi connectivity index (χ1) is 17.9. The van der Waals surface area contributed by atoms with Crippen LogP contribution in [0.1, 0.15) is 52.0 Å². The standard InChI is InChI=1S/C28H38FN3O6/c1-27(2,3)38-26(36)31-15-19(14-28(29,18-31)25(34)35)24(33)32(21-10-11-21)17-20-16-30(12-7-13-37-4)23-9-6-5-8-22(20)23/h5-6,8-9,16,19,21H,7,10-15,17-18H2,1-4H3,(H,34,35)/t19-,28-/m1/s1. The zero-order valence-corrected chi connectivity index (χ0v) is 22.6. The normalized spacial score (nSPS) is 21.9. The van der Waals surface area contributed by atoms with Crippen LogP contribution in [-0.2, 0) is 32.2 Å². The summed E-state index contributed by atoms with van der Waals surface area (Å²) >= 11 is 0. The van der Waals surface area contributed by atoms with Crippen LogP contribution in [0, 0.1) is 5.92 Å². The zero-order chi connectivity index (χ0) is 27.7. The Morgan fingerprint density at radius 1 is 1.21 bits per heavy atom. The van der Waals surface area contributed by atoms with E-state index in [-0.39, 0.29) is 18.5 Å². The Labute approximate surface area is 222 Å². The summed E-state index contributed by atoms with van der Waals surface area (Å²) in [5.74, 6) is -3.01. The largest absolute Gasteiger partial charge is 0.479 e. The number of piperidine rings is 1. The van der Waals surface area contributed by atoms with Gasteiger partial charge in [-0.05, 0) is 51.7 Å². The van der Waals surface area contributed by atoms with E-state index in [1.807, 2.05) is 30.5 Å². The van der Waals surface area contributed by atoms with E-state index >= 15 is 4.39 Å². The highest BCUT2D eigenvalue weighted by molar-refractivity contribution is 5.87. The van der Waals surface area contributed by atoms with Gasteiger partial charge in [-0.2, -0.15) is 0 Å². The van der Waals surface area contributed by atoms with Crippen LogP contribution in [-0.4, -0.2) is 81.6 Å². The molecule has 1 saturated heterocycles. The zero-order valence-electron chi connectivity index (χ0n) is 22.6. The number of carboxylic acid groups (broad SMARTS) is 1. The van der Waals surface area contributed by atoms with Gasteiger partial charge < -0.3 is 28.9 Å². The SMILES string of the molecule is COCCCn1cc(CN(C(=O)[C@H]2CN(C(=O)OC(C)(C)C)C[C@@](F)(C(=O)O)C2)C2CC2)c2ccccc21. The lowest BCUT2D eigenvalue weighted by Crippen LogP contribution is -2.58. The topological polar surface area (TPSA) is 101 Å². The van der Waals surface area contributed by atoms with Crippen molar-refractivity contribution in [3.05, 3.63) is 36.0 Å². The highest BCUT2D eigenvalue weighted by Crippen LogP contribution is 2.36. The summed E-state index contributed by atoms with van der Waals surface area (Å²) in [7, 11) is 1.67. The highest BCUT2D eigenvalue weighted by atomic mass is 19.1. The van der Waals surface area contributed by atoms with Crippen molar-refractivity contribution < 1.29 is 33.4 Å². The van der Waals surface area contributed by atoms with Crippen molar-refractivity contribution in [2.24, 2.45) is 5.92 Å². The highest BCUT2D eigenvalue weighted by Gasteiger charge is 2.51. The summed E-state index contributed by atoms with van der Waals surface area (Å²) in [4.78, 5) is 41.3. The summed E-state index contributed by atoms with van der Waals surface area (Å²) in [5, 5.41) is 10.7. The van der Waals surface area contributed by atoms with Crippen molar-refractivity contribution in [3.63, 3.8) is 0 Å². The minimum Gasteiger partial charge on any atom is -0.479 e. The number of carbonyl (C=O) groups excluding carboxylic acids is 2. The van der Waals surface area contributed by atoms with Crippen molar-refractivity contribution in [1.82, 2.24) is 14.4 Å². The van der Waals surface area contributed by atoms with E-state index in [4.69, 9.17) is 9.47 Å². The number of alkyl halides is 1. The Bertz CT molecular complexity index is 1190. The second-order valence-corrected chi connectivity index (χ2v) is 11.4. The first kappa shape index (κ1) is 27.9. The fourth-order valence-electron chi connectivity index (χ4n) is 5.14. The Morgan fingerprint density at radius 2 is 1.92 bits per heavy atom. The van der Waals surface area contributed by atoms with Gasteiger partial charge in [-0.25, -0.2) is 14.0 Å². The van der Waals surface area contributed by atoms with Crippen LogP contribution in [0.5, 0.6) is 0 Å². The molecule has 2 fully saturated rings. The molecule has 4 rings (SSSR count). The van der Waals surface area contributed by atoms with Crippen LogP contribution in [0.3, 0.4) is 0 Å². The van der Waals surface area contributed by atoms with Crippen LogP contribution in [0.2, 0.25) is 0 Å². The quantitative estimate of drug-likeness (QED) is 0.487. The molecule has 1 aromatic heterocycles. The van der Waals surface area contributed by atoms with Crippen LogP contribution in [0.25, 0.3) is 10.9 Å². The van der Waals surface area contributed by atoms with E-state index in [2.05, 4.69) is 4.57 Å². The van der Waals surface area contributed by atoms with Crippen molar-refractivity contribution in [1.29, 1.82) is 0 Å². The first-order valence-electron chi connectivity index (χ1n) is 13.2. The van der Waals surface area contributed by atoms with Crippen LogP contribution >= 0.6 is 0 Å². The molecule has 2 amide bonds. The molecule has 1 N–H and O–H groups in total. The molecule has 10 heteroatoms. The van der Waals surface area contributed by atoms with E-state index in [9.17, 15) is 19.5 Å². The number of carbonyl (C=O) groups is 3. The third-order valence-corrected chi connectivity index (χ3v) is 7.07. The molecule has 2 heterocycles. The number of benzene rings is 1. The number of carboxylic acids is 1. The lowest BCUT2D eigenvalue weighted by molar-refractivity contribution is -0.159. The van der Waals surface area contributed by atoms with E-state index < -0.39 is 42.2 Å². The second-order valence-electron chi connectivity index (χ2n) is 11.4. The lowest BCUT2D eigenvalue weighted by Gasteiger charge is -2.40. The number of nitrogens with zero attached hydrogens (tertiary/aromatic N) is 3. The number of halogens is 1. The maximum atomic E-state index is 15.6. The van der Waals surface area contributed by atoms with Gasteiger partial charge in [0.05, 0.1) is 12.5 Å². The first-order valence-corrected chi connectivity index (χ1v) is 13.2. The third-order valence-electron chi connectivity index (χ3n) is 7.07. The number of aryl methyl sites for hydroxylation is 1. The monoisotopic (exact) mass is 531 g/mol. The number of para-hydroxylation sites is 1. The van der Waals surface area contributed by atoms with Crippen LogP contribution < -0.4 is 0 Å². The van der Waals surface area contributed by atoms with Gasteiger partial charge in [-0.3, -0.25) is 4.79 Å². The van der Waals surface area contributed by atoms with Gasteiger partial charge in [0, 0.05) is 62.9 Å². The Kier molecular flexibility index (Phi) is 8.01. The number of methoxy groups -OCH3 is 1. The smallest absolute Gasteiger partial charge is 0.410 e. The molecule has 0 radical (unpaired) electrons. The molecule has 1 aliphatic carbocycles. The molecule has 208 valence electrons. The average Bonchev–Trinajstić information content (AvgIpc) is 3.63. The third kappa shape index (κ3) is 6.28. The predicted molar refractivity (Wildman–Crippen MR) is 139 cm³/mol. The van der Waals surface area contributed by atoms with E-state index in [1.54, 1.807) is 32.8 Å². The maximum absolute atomic E-state index is 15.6. The summed E-state index contributed by atoms with van der Waals surface area (Å²) in [6.07, 6.45) is 3.25. The minimum atomic E-state index is -2.73. The molecule has 0 unspecified atom stereocenters. The molecular formula is C28H38FN3O6. The van der Waals surface area contributed by atoms with Gasteiger partial charge >= 0.3 is 12.1 Å². The summed E-state index contributed by atoms with van der Waals surface area (Å²) < 4.78 is 28.3. The number of rotatable bonds is 9. The molecule has 9 nitrogen and oxygen atoms in total. The number of aromatic nitrogens is 1. The number of hydrogen-bond acceptors (Lipinski definition) is 5. The Balaban J connectivity index is 1.59.